The van der Waals surface area contributed by atoms with Crippen LogP contribution in [0.15, 0.2) is 24.3 Å². The second-order valence-electron chi connectivity index (χ2n) is 4.83. The minimum atomic E-state index is -3.57. The molecule has 0 radical (unpaired) electrons. The summed E-state index contributed by atoms with van der Waals surface area (Å²) >= 11 is 5.80. The Hall–Kier alpha value is -0.870. The smallest absolute Gasteiger partial charge is 0.401 e. The van der Waals surface area contributed by atoms with Crippen molar-refractivity contribution in [1.29, 1.82) is 0 Å². The Morgan fingerprint density at radius 2 is 1.71 bits per heavy atom. The lowest BCUT2D eigenvalue weighted by Gasteiger charge is -2.30. The molecular formula is C14H21ClNO4P. The minimum Gasteiger partial charge on any atom is -0.623 e. The van der Waals surface area contributed by atoms with Crippen molar-refractivity contribution in [3.8, 4) is 0 Å². The van der Waals surface area contributed by atoms with Crippen molar-refractivity contribution in [2.24, 2.45) is 0 Å². The minimum absolute atomic E-state index is 0.204. The van der Waals surface area contributed by atoms with E-state index in [0.29, 0.717) is 15.3 Å². The zero-order chi connectivity index (χ0) is 16.1. The lowest BCUT2D eigenvalue weighted by atomic mass is 10.2. The average molecular weight is 334 g/mol. The van der Waals surface area contributed by atoms with Crippen molar-refractivity contribution >= 4 is 25.4 Å². The van der Waals surface area contributed by atoms with Gasteiger partial charge in [-0.1, -0.05) is 11.6 Å². The van der Waals surface area contributed by atoms with Gasteiger partial charge in [-0.2, -0.15) is 4.74 Å². The molecule has 0 aliphatic carbocycles. The van der Waals surface area contributed by atoms with Crippen LogP contribution >= 0.6 is 19.2 Å². The molecule has 0 N–H and O–H groups in total. The quantitative estimate of drug-likeness (QED) is 0.246. The van der Waals surface area contributed by atoms with E-state index in [-0.39, 0.29) is 13.2 Å². The Labute approximate surface area is 130 Å². The molecule has 0 heterocycles. The first-order valence-electron chi connectivity index (χ1n) is 6.73. The van der Waals surface area contributed by atoms with Crippen LogP contribution in [0.4, 0.5) is 0 Å². The normalized spacial score (nSPS) is 13.5. The molecule has 0 spiro atoms. The second kappa shape index (κ2) is 7.41. The summed E-state index contributed by atoms with van der Waals surface area (Å²) in [5.74, 6) is 0. The number of halogens is 1. The molecule has 0 amide bonds. The lowest BCUT2D eigenvalue weighted by Crippen LogP contribution is -2.35. The lowest BCUT2D eigenvalue weighted by molar-refractivity contribution is -0.510. The Morgan fingerprint density at radius 1 is 1.24 bits per heavy atom. The van der Waals surface area contributed by atoms with Gasteiger partial charge in [0.25, 0.3) is 5.28 Å². The van der Waals surface area contributed by atoms with Crippen molar-refractivity contribution < 1.29 is 18.4 Å². The molecule has 7 heteroatoms. The number of hydroxylamine groups is 1. The highest BCUT2D eigenvalue weighted by Crippen LogP contribution is 2.59. The Morgan fingerprint density at radius 3 is 2.14 bits per heavy atom. The van der Waals surface area contributed by atoms with Crippen LogP contribution in [0.1, 0.15) is 33.3 Å². The van der Waals surface area contributed by atoms with Gasteiger partial charge in [0, 0.05) is 24.4 Å². The fraction of sp³-hybridized carbons (Fsp3) is 0.500. The van der Waals surface area contributed by atoms with E-state index in [2.05, 4.69) is 0 Å². The maximum atomic E-state index is 12.8. The van der Waals surface area contributed by atoms with Gasteiger partial charge in [-0.3, -0.25) is 4.57 Å². The highest BCUT2D eigenvalue weighted by atomic mass is 35.5. The van der Waals surface area contributed by atoms with Crippen molar-refractivity contribution in [2.75, 3.05) is 13.2 Å². The number of hydrogen-bond donors (Lipinski definition) is 0. The summed E-state index contributed by atoms with van der Waals surface area (Å²) in [5.41, 5.74) is 0.655. The number of hydrogen-bond acceptors (Lipinski definition) is 4. The van der Waals surface area contributed by atoms with Crippen LogP contribution < -0.4 is 0 Å². The monoisotopic (exact) mass is 333 g/mol. The predicted octanol–water partition coefficient (Wildman–Crippen LogP) is 4.27. The maximum absolute atomic E-state index is 12.8. The van der Waals surface area contributed by atoms with E-state index < -0.39 is 12.9 Å². The third-order valence-corrected chi connectivity index (χ3v) is 5.93. The molecule has 118 valence electrons. The molecule has 21 heavy (non-hydrogen) atoms. The molecule has 1 aromatic rings. The van der Waals surface area contributed by atoms with Gasteiger partial charge < -0.3 is 14.3 Å². The van der Waals surface area contributed by atoms with Crippen LogP contribution in [-0.2, 0) is 13.6 Å². The van der Waals surface area contributed by atoms with Crippen LogP contribution in [0.25, 0.3) is 0 Å². The van der Waals surface area contributed by atoms with Gasteiger partial charge in [0.05, 0.1) is 13.2 Å². The van der Waals surface area contributed by atoms with Crippen LogP contribution in [0, 0.1) is 5.21 Å². The summed E-state index contributed by atoms with van der Waals surface area (Å²) in [5, 5.41) is 11.7. The average Bonchev–Trinajstić information content (AvgIpc) is 2.41. The van der Waals surface area contributed by atoms with Crippen molar-refractivity contribution in [3.63, 3.8) is 0 Å². The van der Waals surface area contributed by atoms with Gasteiger partial charge >= 0.3 is 7.60 Å². The third-order valence-electron chi connectivity index (χ3n) is 2.94. The molecule has 0 aliphatic rings. The van der Waals surface area contributed by atoms with E-state index in [4.69, 9.17) is 20.6 Å². The van der Waals surface area contributed by atoms with Crippen LogP contribution in [0.5, 0.6) is 0 Å². The first kappa shape index (κ1) is 18.2. The maximum Gasteiger partial charge on any atom is 0.401 e. The Kier molecular flexibility index (Phi) is 6.41. The Balaban J connectivity index is 3.14. The van der Waals surface area contributed by atoms with Crippen LogP contribution in [0.3, 0.4) is 0 Å². The molecule has 0 aromatic heterocycles. The summed E-state index contributed by atoms with van der Waals surface area (Å²) in [6.45, 7) is 6.90. The summed E-state index contributed by atoms with van der Waals surface area (Å²) < 4.78 is 23.9. The van der Waals surface area contributed by atoms with E-state index in [1.807, 2.05) is 0 Å². The van der Waals surface area contributed by atoms with Crippen molar-refractivity contribution in [2.45, 2.75) is 33.0 Å². The zero-order valence-electron chi connectivity index (χ0n) is 12.7. The van der Waals surface area contributed by atoms with E-state index in [9.17, 15) is 9.77 Å². The molecule has 0 bridgehead atoms. The molecule has 0 saturated heterocycles. The van der Waals surface area contributed by atoms with Gasteiger partial charge in [0.2, 0.25) is 0 Å². The van der Waals surface area contributed by atoms with Crippen molar-refractivity contribution in [1.82, 2.24) is 0 Å². The molecule has 1 aromatic carbocycles. The highest BCUT2D eigenvalue weighted by molar-refractivity contribution is 7.55. The fourth-order valence-corrected chi connectivity index (χ4v) is 3.47. The summed E-state index contributed by atoms with van der Waals surface area (Å²) in [6, 6.07) is 6.77. The van der Waals surface area contributed by atoms with E-state index >= 15 is 0 Å². The standard InChI is InChI=1S/C14H21ClNO4P/c1-5-19-21(18,20-6-2)14(3,4)16(17)11-12-7-9-13(15)10-8-12/h7-11H,5-6H2,1-4H3/b16-11-. The predicted molar refractivity (Wildman–Crippen MR) is 85.2 cm³/mol. The first-order valence-corrected chi connectivity index (χ1v) is 8.65. The molecule has 0 aliphatic heterocycles. The van der Waals surface area contributed by atoms with E-state index in [0.717, 1.165) is 0 Å². The molecule has 0 saturated carbocycles. The van der Waals surface area contributed by atoms with Gasteiger partial charge in [0.15, 0.2) is 6.21 Å². The van der Waals surface area contributed by atoms with Gasteiger partial charge in [-0.25, -0.2) is 0 Å². The van der Waals surface area contributed by atoms with Gasteiger partial charge in [-0.05, 0) is 38.1 Å². The molecule has 0 atom stereocenters. The van der Waals surface area contributed by atoms with Crippen LogP contribution in [0.2, 0.25) is 5.02 Å². The zero-order valence-corrected chi connectivity index (χ0v) is 14.4. The molecular weight excluding hydrogens is 313 g/mol. The first-order chi connectivity index (χ1) is 9.76. The third kappa shape index (κ3) is 4.30. The molecule has 0 unspecified atom stereocenters. The van der Waals surface area contributed by atoms with E-state index in [1.54, 1.807) is 52.0 Å². The summed E-state index contributed by atoms with van der Waals surface area (Å²) in [4.78, 5) is 0. The fourth-order valence-electron chi connectivity index (χ4n) is 1.66. The topological polar surface area (TPSA) is 61.6 Å². The van der Waals surface area contributed by atoms with Crippen molar-refractivity contribution in [3.05, 3.63) is 40.1 Å². The number of rotatable bonds is 7. The highest BCUT2D eigenvalue weighted by Gasteiger charge is 2.51. The largest absolute Gasteiger partial charge is 0.623 e. The molecule has 5 nitrogen and oxygen atoms in total. The summed E-state index contributed by atoms with van der Waals surface area (Å²) in [6.07, 6.45) is 1.35. The van der Waals surface area contributed by atoms with Gasteiger partial charge in [-0.15, -0.1) is 0 Å². The van der Waals surface area contributed by atoms with Gasteiger partial charge in [0.1, 0.15) is 0 Å². The SMILES string of the molecule is CCOP(=O)(OCC)C(C)(C)/[N+]([O-])=C/c1ccc(Cl)cc1. The second-order valence-corrected chi connectivity index (χ2v) is 7.88. The molecule has 1 rings (SSSR count). The number of nitrogens with zero attached hydrogens (tertiary/aromatic N) is 1. The summed E-state index contributed by atoms with van der Waals surface area (Å²) in [7, 11) is -3.57. The van der Waals surface area contributed by atoms with Crippen LogP contribution in [-0.4, -0.2) is 29.4 Å². The Bertz CT molecular complexity index is 532. The number of benzene rings is 1. The van der Waals surface area contributed by atoms with E-state index in [1.165, 1.54) is 6.21 Å². The molecule has 0 fully saturated rings.